The molecule has 2 aliphatic rings. The Labute approximate surface area is 75.5 Å². The fraction of sp³-hybridized carbons (Fsp3) is 0.833. The van der Waals surface area contributed by atoms with E-state index in [1.807, 2.05) is 5.01 Å². The Hall–Kier alpha value is -0.460. The third-order valence-electron chi connectivity index (χ3n) is 2.12. The fourth-order valence-electron chi connectivity index (χ4n) is 1.53. The lowest BCUT2D eigenvalue weighted by Crippen LogP contribution is -2.41. The van der Waals surface area contributed by atoms with Gasteiger partial charge in [-0.25, -0.2) is 0 Å². The lowest BCUT2D eigenvalue weighted by molar-refractivity contribution is 0.210. The fourth-order valence-corrected chi connectivity index (χ4v) is 2.24. The van der Waals surface area contributed by atoms with Crippen LogP contribution >= 0.6 is 11.8 Å². The molecule has 2 aliphatic heterocycles. The van der Waals surface area contributed by atoms with Crippen molar-refractivity contribution in [3.63, 3.8) is 0 Å². The van der Waals surface area contributed by atoms with Crippen LogP contribution in [0.15, 0.2) is 5.10 Å². The summed E-state index contributed by atoms with van der Waals surface area (Å²) < 4.78 is 0. The van der Waals surface area contributed by atoms with Crippen molar-refractivity contribution < 1.29 is 0 Å². The van der Waals surface area contributed by atoms with E-state index in [1.54, 1.807) is 0 Å². The molecule has 2 rings (SSSR count). The molecular weight excluding hydrogens is 174 g/mol. The van der Waals surface area contributed by atoms with Crippen LogP contribution in [0.4, 0.5) is 0 Å². The Kier molecular flexibility index (Phi) is 2.12. The van der Waals surface area contributed by atoms with Crippen molar-refractivity contribution in [1.29, 1.82) is 0 Å². The Morgan fingerprint density at radius 1 is 1.67 bits per heavy atom. The largest absolute Gasteiger partial charge is 0.377 e. The summed E-state index contributed by atoms with van der Waals surface area (Å²) in [7, 11) is 0. The maximum absolute atomic E-state index is 5.82. The Bertz CT molecular complexity index is 200. The predicted molar refractivity (Wildman–Crippen MR) is 50.3 cm³/mol. The number of hydrogen-bond acceptors (Lipinski definition) is 6. The van der Waals surface area contributed by atoms with Gasteiger partial charge in [0.15, 0.2) is 5.17 Å². The molecule has 1 saturated heterocycles. The Balaban J connectivity index is 2.02. The summed E-state index contributed by atoms with van der Waals surface area (Å²) in [6.07, 6.45) is 1.10. The second-order valence-electron chi connectivity index (χ2n) is 2.97. The molecule has 0 amide bonds. The van der Waals surface area contributed by atoms with Crippen molar-refractivity contribution in [2.75, 3.05) is 13.1 Å². The smallest absolute Gasteiger partial charge is 0.181 e. The molecule has 2 unspecified atom stereocenters. The SMILES string of the molecule is NC1=NN(C2CCNC2)C(N)S1. The maximum atomic E-state index is 5.82. The quantitative estimate of drug-likeness (QED) is 0.484. The van der Waals surface area contributed by atoms with Crippen LogP contribution in [0.2, 0.25) is 0 Å². The number of amidine groups is 1. The van der Waals surface area contributed by atoms with Crippen molar-refractivity contribution in [1.82, 2.24) is 10.3 Å². The van der Waals surface area contributed by atoms with Crippen molar-refractivity contribution >= 4 is 16.9 Å². The van der Waals surface area contributed by atoms with Gasteiger partial charge in [-0.15, -0.1) is 5.10 Å². The number of thioether (sulfide) groups is 1. The molecule has 0 aromatic heterocycles. The van der Waals surface area contributed by atoms with E-state index in [1.165, 1.54) is 11.8 Å². The van der Waals surface area contributed by atoms with Gasteiger partial charge in [-0.05, 0) is 24.7 Å². The zero-order valence-electron chi connectivity index (χ0n) is 6.73. The number of nitrogens with one attached hydrogen (secondary N) is 1. The third-order valence-corrected chi connectivity index (χ3v) is 2.91. The van der Waals surface area contributed by atoms with Gasteiger partial charge in [0, 0.05) is 6.54 Å². The van der Waals surface area contributed by atoms with E-state index in [0.717, 1.165) is 19.5 Å². The van der Waals surface area contributed by atoms with E-state index in [9.17, 15) is 0 Å². The molecule has 0 bridgehead atoms. The molecule has 2 atom stereocenters. The van der Waals surface area contributed by atoms with Gasteiger partial charge in [-0.1, -0.05) is 0 Å². The maximum Gasteiger partial charge on any atom is 0.181 e. The van der Waals surface area contributed by atoms with Crippen LogP contribution in [0.25, 0.3) is 0 Å². The average molecular weight is 187 g/mol. The minimum Gasteiger partial charge on any atom is -0.377 e. The molecule has 5 N–H and O–H groups in total. The van der Waals surface area contributed by atoms with Gasteiger partial charge in [0.2, 0.25) is 0 Å². The summed E-state index contributed by atoms with van der Waals surface area (Å²) in [5.41, 5.74) is 11.3. The Morgan fingerprint density at radius 2 is 2.50 bits per heavy atom. The second-order valence-corrected chi connectivity index (χ2v) is 4.11. The Morgan fingerprint density at radius 3 is 3.00 bits per heavy atom. The second kappa shape index (κ2) is 3.12. The lowest BCUT2D eigenvalue weighted by Gasteiger charge is -2.24. The molecule has 2 heterocycles. The van der Waals surface area contributed by atoms with Crippen molar-refractivity contribution in [3.8, 4) is 0 Å². The predicted octanol–water partition coefficient (Wildman–Crippen LogP) is -1.13. The summed E-state index contributed by atoms with van der Waals surface area (Å²) >= 11 is 1.42. The van der Waals surface area contributed by atoms with E-state index in [2.05, 4.69) is 10.4 Å². The topological polar surface area (TPSA) is 79.7 Å². The first-order valence-corrected chi connectivity index (χ1v) is 4.91. The van der Waals surface area contributed by atoms with E-state index in [4.69, 9.17) is 11.5 Å². The van der Waals surface area contributed by atoms with Crippen LogP contribution in [0, 0.1) is 0 Å². The van der Waals surface area contributed by atoms with E-state index < -0.39 is 0 Å². The molecule has 0 aromatic rings. The summed E-state index contributed by atoms with van der Waals surface area (Å²) in [6, 6.07) is 0.425. The molecular formula is C6H13N5S. The molecule has 1 fully saturated rings. The first-order valence-electron chi connectivity index (χ1n) is 4.03. The summed E-state index contributed by atoms with van der Waals surface area (Å²) in [4.78, 5) is 0. The zero-order chi connectivity index (χ0) is 8.55. The van der Waals surface area contributed by atoms with E-state index in [0.29, 0.717) is 11.2 Å². The van der Waals surface area contributed by atoms with Gasteiger partial charge in [0.1, 0.15) is 5.50 Å². The lowest BCUT2D eigenvalue weighted by atomic mass is 10.2. The minimum atomic E-state index is -0.0881. The number of nitrogens with two attached hydrogens (primary N) is 2. The van der Waals surface area contributed by atoms with Crippen LogP contribution in [0.5, 0.6) is 0 Å². The van der Waals surface area contributed by atoms with Crippen LogP contribution in [-0.2, 0) is 0 Å². The normalized spacial score (nSPS) is 35.8. The molecule has 68 valence electrons. The minimum absolute atomic E-state index is 0.0881. The van der Waals surface area contributed by atoms with Crippen LogP contribution in [0.3, 0.4) is 0 Å². The average Bonchev–Trinajstić information content (AvgIpc) is 2.58. The molecule has 5 nitrogen and oxygen atoms in total. The summed E-state index contributed by atoms with van der Waals surface area (Å²) in [5, 5.41) is 9.93. The molecule has 0 aliphatic carbocycles. The number of hydrogen-bond donors (Lipinski definition) is 3. The number of nitrogens with zero attached hydrogens (tertiary/aromatic N) is 2. The molecule has 0 aromatic carbocycles. The monoisotopic (exact) mass is 187 g/mol. The molecule has 6 heteroatoms. The standard InChI is InChI=1S/C6H13N5S/c7-5-10-11(6(8)12-5)4-1-2-9-3-4/h4,6,9H,1-3,8H2,(H2,7,10). The van der Waals surface area contributed by atoms with E-state index >= 15 is 0 Å². The first kappa shape index (κ1) is 8.15. The molecule has 0 radical (unpaired) electrons. The zero-order valence-corrected chi connectivity index (χ0v) is 7.55. The van der Waals surface area contributed by atoms with Crippen molar-refractivity contribution in [2.24, 2.45) is 16.6 Å². The van der Waals surface area contributed by atoms with Gasteiger partial charge < -0.3 is 16.8 Å². The van der Waals surface area contributed by atoms with Crippen molar-refractivity contribution in [3.05, 3.63) is 0 Å². The number of hydrazone groups is 1. The highest BCUT2D eigenvalue weighted by molar-refractivity contribution is 8.14. The molecule has 0 saturated carbocycles. The molecule has 0 spiro atoms. The van der Waals surface area contributed by atoms with Crippen LogP contribution < -0.4 is 16.8 Å². The van der Waals surface area contributed by atoms with Gasteiger partial charge in [-0.3, -0.25) is 5.01 Å². The summed E-state index contributed by atoms with van der Waals surface area (Å²) in [5.74, 6) is 0. The van der Waals surface area contributed by atoms with Crippen LogP contribution in [0.1, 0.15) is 6.42 Å². The number of rotatable bonds is 1. The van der Waals surface area contributed by atoms with E-state index in [-0.39, 0.29) is 5.50 Å². The van der Waals surface area contributed by atoms with Crippen LogP contribution in [-0.4, -0.2) is 34.8 Å². The van der Waals surface area contributed by atoms with Crippen molar-refractivity contribution in [2.45, 2.75) is 18.0 Å². The third kappa shape index (κ3) is 1.37. The van der Waals surface area contributed by atoms with Gasteiger partial charge in [-0.2, -0.15) is 0 Å². The van der Waals surface area contributed by atoms with Gasteiger partial charge in [0.05, 0.1) is 6.04 Å². The molecule has 12 heavy (non-hydrogen) atoms. The van der Waals surface area contributed by atoms with Gasteiger partial charge >= 0.3 is 0 Å². The first-order chi connectivity index (χ1) is 5.77. The highest BCUT2D eigenvalue weighted by Gasteiger charge is 2.30. The highest BCUT2D eigenvalue weighted by Crippen LogP contribution is 2.24. The summed E-state index contributed by atoms with van der Waals surface area (Å²) in [6.45, 7) is 2.01. The van der Waals surface area contributed by atoms with Gasteiger partial charge in [0.25, 0.3) is 0 Å². The highest BCUT2D eigenvalue weighted by atomic mass is 32.2.